The van der Waals surface area contributed by atoms with Gasteiger partial charge in [0.05, 0.1) is 12.3 Å². The van der Waals surface area contributed by atoms with Crippen LogP contribution in [0, 0.1) is 17.1 Å². The molecule has 23 heavy (non-hydrogen) atoms. The minimum Gasteiger partial charge on any atom is -0.494 e. The van der Waals surface area contributed by atoms with Gasteiger partial charge in [-0.15, -0.1) is 5.10 Å². The van der Waals surface area contributed by atoms with Crippen molar-refractivity contribution in [2.24, 2.45) is 0 Å². The van der Waals surface area contributed by atoms with Crippen LogP contribution in [0.3, 0.4) is 0 Å². The molecule has 0 saturated carbocycles. The second-order valence-electron chi connectivity index (χ2n) is 4.72. The zero-order valence-electron chi connectivity index (χ0n) is 12.4. The first-order valence-corrected chi connectivity index (χ1v) is 7.08. The van der Waals surface area contributed by atoms with E-state index in [9.17, 15) is 9.65 Å². The van der Waals surface area contributed by atoms with Gasteiger partial charge in [-0.25, -0.2) is 9.07 Å². The largest absolute Gasteiger partial charge is 0.494 e. The number of nitrogens with zero attached hydrogens (tertiary/aromatic N) is 4. The van der Waals surface area contributed by atoms with Gasteiger partial charge in [0.15, 0.2) is 5.69 Å². The molecule has 0 aliphatic carbocycles. The van der Waals surface area contributed by atoms with E-state index in [0.29, 0.717) is 18.0 Å². The molecule has 114 valence electrons. The summed E-state index contributed by atoms with van der Waals surface area (Å²) < 4.78 is 21.0. The van der Waals surface area contributed by atoms with Crippen LogP contribution in [0.15, 0.2) is 48.5 Å². The molecule has 3 aromatic rings. The average Bonchev–Trinajstić information content (AvgIpc) is 3.00. The second kappa shape index (κ2) is 6.28. The molecule has 3 rings (SSSR count). The van der Waals surface area contributed by atoms with Gasteiger partial charge in [0.1, 0.15) is 23.3 Å². The van der Waals surface area contributed by atoms with Crippen LogP contribution in [0.25, 0.3) is 16.9 Å². The number of hydrogen-bond acceptors (Lipinski definition) is 4. The zero-order valence-corrected chi connectivity index (χ0v) is 12.4. The van der Waals surface area contributed by atoms with Gasteiger partial charge in [0.25, 0.3) is 0 Å². The summed E-state index contributed by atoms with van der Waals surface area (Å²) in [6.45, 7) is 2.47. The Kier molecular flexibility index (Phi) is 4.02. The summed E-state index contributed by atoms with van der Waals surface area (Å²) in [4.78, 5) is 0. The maximum Gasteiger partial charge on any atom is 0.191 e. The first-order chi connectivity index (χ1) is 11.2. The Hall–Kier alpha value is -3.20. The molecule has 0 N–H and O–H groups in total. The van der Waals surface area contributed by atoms with E-state index in [-0.39, 0.29) is 11.3 Å². The maximum atomic E-state index is 14.1. The summed E-state index contributed by atoms with van der Waals surface area (Å²) in [6, 6.07) is 15.3. The fourth-order valence-corrected chi connectivity index (χ4v) is 2.28. The van der Waals surface area contributed by atoms with E-state index < -0.39 is 5.82 Å². The predicted molar refractivity (Wildman–Crippen MR) is 82.6 cm³/mol. The van der Waals surface area contributed by atoms with Crippen LogP contribution in [-0.2, 0) is 0 Å². The molecular formula is C17H13FN4O. The molecule has 6 heteroatoms. The fourth-order valence-electron chi connectivity index (χ4n) is 2.28. The van der Waals surface area contributed by atoms with Gasteiger partial charge < -0.3 is 4.74 Å². The molecule has 1 aromatic heterocycles. The van der Waals surface area contributed by atoms with Crippen LogP contribution in [0.5, 0.6) is 5.75 Å². The first-order valence-electron chi connectivity index (χ1n) is 7.08. The van der Waals surface area contributed by atoms with E-state index in [1.54, 1.807) is 42.5 Å². The molecule has 0 aliphatic heterocycles. The van der Waals surface area contributed by atoms with Crippen LogP contribution >= 0.6 is 0 Å². The van der Waals surface area contributed by atoms with Crippen molar-refractivity contribution in [3.05, 3.63) is 60.0 Å². The van der Waals surface area contributed by atoms with E-state index >= 15 is 0 Å². The molecule has 0 aliphatic rings. The van der Waals surface area contributed by atoms with E-state index in [4.69, 9.17) is 4.74 Å². The van der Waals surface area contributed by atoms with Crippen LogP contribution in [0.1, 0.15) is 12.6 Å². The second-order valence-corrected chi connectivity index (χ2v) is 4.72. The number of hydrogen-bond donors (Lipinski definition) is 0. The Balaban J connectivity index is 2.13. The van der Waals surface area contributed by atoms with Crippen LogP contribution in [0.4, 0.5) is 4.39 Å². The lowest BCUT2D eigenvalue weighted by Gasteiger charge is -2.09. The maximum absolute atomic E-state index is 14.1. The van der Waals surface area contributed by atoms with Crippen molar-refractivity contribution in [2.45, 2.75) is 6.92 Å². The Bertz CT molecular complexity index is 865. The first kappa shape index (κ1) is 14.7. The Morgan fingerprint density at radius 2 is 1.91 bits per heavy atom. The molecule has 0 fully saturated rings. The van der Waals surface area contributed by atoms with Crippen molar-refractivity contribution in [1.29, 1.82) is 5.26 Å². The van der Waals surface area contributed by atoms with Gasteiger partial charge in [-0.2, -0.15) is 5.26 Å². The van der Waals surface area contributed by atoms with Gasteiger partial charge in [-0.05, 0) is 43.3 Å². The van der Waals surface area contributed by atoms with Gasteiger partial charge in [0.2, 0.25) is 0 Å². The molecule has 0 amide bonds. The molecule has 0 bridgehead atoms. The zero-order chi connectivity index (χ0) is 16.2. The highest BCUT2D eigenvalue weighted by atomic mass is 19.1. The highest BCUT2D eigenvalue weighted by Gasteiger charge is 2.19. The highest BCUT2D eigenvalue weighted by Crippen LogP contribution is 2.27. The van der Waals surface area contributed by atoms with E-state index in [1.807, 2.05) is 13.0 Å². The molecule has 0 unspecified atom stereocenters. The molecule has 0 spiro atoms. The summed E-state index contributed by atoms with van der Waals surface area (Å²) in [6.07, 6.45) is 0. The minimum absolute atomic E-state index is 0.0731. The highest BCUT2D eigenvalue weighted by molar-refractivity contribution is 5.67. The van der Waals surface area contributed by atoms with E-state index in [0.717, 1.165) is 5.75 Å². The molecule has 5 nitrogen and oxygen atoms in total. The number of rotatable bonds is 4. The lowest BCUT2D eigenvalue weighted by atomic mass is 10.1. The smallest absolute Gasteiger partial charge is 0.191 e. The van der Waals surface area contributed by atoms with Crippen molar-refractivity contribution in [2.75, 3.05) is 6.61 Å². The van der Waals surface area contributed by atoms with Gasteiger partial charge in [-0.1, -0.05) is 17.3 Å². The molecule has 2 aromatic carbocycles. The number of benzene rings is 2. The number of nitriles is 1. The van der Waals surface area contributed by atoms with Gasteiger partial charge in [0, 0.05) is 5.56 Å². The SMILES string of the molecule is CCOc1ccc(-n2nnc(C#N)c2-c2ccccc2F)cc1. The van der Waals surface area contributed by atoms with Crippen molar-refractivity contribution in [1.82, 2.24) is 15.0 Å². The minimum atomic E-state index is -0.432. The van der Waals surface area contributed by atoms with Crippen LogP contribution in [-0.4, -0.2) is 21.6 Å². The molecular weight excluding hydrogens is 295 g/mol. The third-order valence-corrected chi connectivity index (χ3v) is 3.30. The number of halogens is 1. The number of ether oxygens (including phenoxy) is 1. The van der Waals surface area contributed by atoms with E-state index in [1.165, 1.54) is 10.7 Å². The topological polar surface area (TPSA) is 63.7 Å². The van der Waals surface area contributed by atoms with Crippen LogP contribution < -0.4 is 4.74 Å². The summed E-state index contributed by atoms with van der Waals surface area (Å²) in [5.41, 5.74) is 1.35. The summed E-state index contributed by atoms with van der Waals surface area (Å²) in [7, 11) is 0. The quantitative estimate of drug-likeness (QED) is 0.741. The van der Waals surface area contributed by atoms with Crippen molar-refractivity contribution in [3.63, 3.8) is 0 Å². The summed E-state index contributed by atoms with van der Waals surface area (Å²) in [5, 5.41) is 17.1. The monoisotopic (exact) mass is 308 g/mol. The Morgan fingerprint density at radius 3 is 2.57 bits per heavy atom. The van der Waals surface area contributed by atoms with Crippen molar-refractivity contribution < 1.29 is 9.13 Å². The van der Waals surface area contributed by atoms with Crippen LogP contribution in [0.2, 0.25) is 0 Å². The van der Waals surface area contributed by atoms with Gasteiger partial charge in [-0.3, -0.25) is 0 Å². The normalized spacial score (nSPS) is 10.3. The molecule has 0 saturated heterocycles. The average molecular weight is 308 g/mol. The Labute approximate surface area is 132 Å². The lowest BCUT2D eigenvalue weighted by molar-refractivity contribution is 0.340. The Morgan fingerprint density at radius 1 is 1.17 bits per heavy atom. The number of aromatic nitrogens is 3. The molecule has 0 atom stereocenters. The molecule has 0 radical (unpaired) electrons. The fraction of sp³-hybridized carbons (Fsp3) is 0.118. The standard InChI is InChI=1S/C17H13FN4O/c1-2-23-13-9-7-12(8-10-13)22-17(16(11-19)20-21-22)14-5-3-4-6-15(14)18/h3-10H,2H2,1H3. The predicted octanol–water partition coefficient (Wildman–Crippen LogP) is 3.34. The van der Waals surface area contributed by atoms with Crippen molar-refractivity contribution in [3.8, 4) is 28.8 Å². The molecule has 1 heterocycles. The lowest BCUT2D eigenvalue weighted by Crippen LogP contribution is -2.01. The third kappa shape index (κ3) is 2.77. The van der Waals surface area contributed by atoms with E-state index in [2.05, 4.69) is 10.3 Å². The summed E-state index contributed by atoms with van der Waals surface area (Å²) in [5.74, 6) is 0.294. The third-order valence-electron chi connectivity index (χ3n) is 3.30. The van der Waals surface area contributed by atoms with Crippen molar-refractivity contribution >= 4 is 0 Å². The van der Waals surface area contributed by atoms with Gasteiger partial charge >= 0.3 is 0 Å². The summed E-state index contributed by atoms with van der Waals surface area (Å²) >= 11 is 0.